The van der Waals surface area contributed by atoms with Crippen LogP contribution in [0, 0.1) is 5.92 Å². The first kappa shape index (κ1) is 20.1. The highest BCUT2D eigenvalue weighted by Gasteiger charge is 2.53. The van der Waals surface area contributed by atoms with E-state index in [1.54, 1.807) is 0 Å². The summed E-state index contributed by atoms with van der Waals surface area (Å²) in [4.78, 5) is 20.1. The molecular formula is C15H14Cl2F3N5OS. The van der Waals surface area contributed by atoms with Gasteiger partial charge in [-0.15, -0.1) is 36.2 Å². The Morgan fingerprint density at radius 2 is 2.00 bits per heavy atom. The van der Waals surface area contributed by atoms with Crippen LogP contribution in [0.4, 0.5) is 13.2 Å². The van der Waals surface area contributed by atoms with Crippen molar-refractivity contribution in [3.63, 3.8) is 0 Å². The number of nitrogens with zero attached hydrogens (tertiary/aromatic N) is 2. The molecule has 6 rings (SSSR count). The van der Waals surface area contributed by atoms with Gasteiger partial charge in [-0.05, 0) is 31.4 Å². The fourth-order valence-corrected chi connectivity index (χ4v) is 4.83. The van der Waals surface area contributed by atoms with Crippen LogP contribution >= 0.6 is 36.2 Å². The molecule has 1 aliphatic carbocycles. The Morgan fingerprint density at radius 3 is 2.63 bits per heavy atom. The molecule has 2 aliphatic heterocycles. The summed E-state index contributed by atoms with van der Waals surface area (Å²) < 4.78 is 39.5. The minimum Gasteiger partial charge on any atom is -0.308 e. The van der Waals surface area contributed by atoms with E-state index >= 15 is 0 Å². The molecular weight excluding hydrogens is 426 g/mol. The predicted molar refractivity (Wildman–Crippen MR) is 99.7 cm³/mol. The molecule has 0 unspecified atom stereocenters. The van der Waals surface area contributed by atoms with Gasteiger partial charge in [0, 0.05) is 10.4 Å². The van der Waals surface area contributed by atoms with Crippen molar-refractivity contribution < 1.29 is 13.2 Å². The molecule has 146 valence electrons. The molecule has 3 aliphatic rings. The second-order valence-electron chi connectivity index (χ2n) is 6.63. The van der Waals surface area contributed by atoms with Crippen LogP contribution in [-0.2, 0) is 11.7 Å². The third-order valence-corrected chi connectivity index (χ3v) is 6.18. The average Bonchev–Trinajstić information content (AvgIpc) is 3.26. The Balaban J connectivity index is 0.00000105. The maximum atomic E-state index is 13.1. The van der Waals surface area contributed by atoms with Crippen LogP contribution < -0.4 is 10.9 Å². The summed E-state index contributed by atoms with van der Waals surface area (Å²) in [5.41, 5.74) is -1.18. The van der Waals surface area contributed by atoms with Gasteiger partial charge < -0.3 is 10.3 Å². The molecule has 27 heavy (non-hydrogen) atoms. The number of hydrogen-bond donors (Lipinski definition) is 3. The van der Waals surface area contributed by atoms with E-state index in [2.05, 4.69) is 20.4 Å². The molecule has 0 spiro atoms. The van der Waals surface area contributed by atoms with E-state index in [0.717, 1.165) is 36.9 Å². The number of thiophene rings is 1. The van der Waals surface area contributed by atoms with E-state index in [-0.39, 0.29) is 41.5 Å². The van der Waals surface area contributed by atoms with E-state index in [0.29, 0.717) is 26.8 Å². The minimum absolute atomic E-state index is 0. The van der Waals surface area contributed by atoms with Crippen molar-refractivity contribution in [3.8, 4) is 10.4 Å². The highest BCUT2D eigenvalue weighted by atomic mass is 35.5. The van der Waals surface area contributed by atoms with Crippen LogP contribution in [0.2, 0.25) is 0 Å². The number of alkyl halides is 3. The molecule has 2 saturated heterocycles. The first-order chi connectivity index (χ1) is 11.9. The molecule has 0 amide bonds. The first-order valence-corrected chi connectivity index (χ1v) is 8.58. The van der Waals surface area contributed by atoms with Crippen molar-refractivity contribution in [2.24, 2.45) is 5.92 Å². The summed E-state index contributed by atoms with van der Waals surface area (Å²) in [7, 11) is 0. The number of H-pyrrole nitrogens is 2. The Hall–Kier alpha value is -1.62. The van der Waals surface area contributed by atoms with Crippen LogP contribution in [-0.4, -0.2) is 26.7 Å². The Morgan fingerprint density at radius 1 is 1.26 bits per heavy atom. The molecule has 3 aromatic heterocycles. The van der Waals surface area contributed by atoms with Crippen LogP contribution in [0.1, 0.15) is 24.4 Å². The van der Waals surface area contributed by atoms with Gasteiger partial charge in [0.15, 0.2) is 0 Å². The standard InChI is InChI=1S/C15H12F3N5OS.2ClH/c16-15(17,18)11-7(5-20-23-11)9-1-8-10(25-9)12(24)22-13(21-8)14-2-6(3-14)4-19-14;;/h1,5-6,19H,2-4H2,(H,20,23)(H,21,22,24);2*1H. The number of aromatic nitrogens is 4. The SMILES string of the molecule is Cl.Cl.O=c1[nH]c(C23CC(CN2)C3)nc2cc(-c3cn[nH]c3C(F)(F)F)sc12. The van der Waals surface area contributed by atoms with E-state index in [9.17, 15) is 18.0 Å². The molecule has 2 bridgehead atoms. The van der Waals surface area contributed by atoms with Gasteiger partial charge in [0.05, 0.1) is 17.3 Å². The van der Waals surface area contributed by atoms with Crippen molar-refractivity contribution in [1.29, 1.82) is 0 Å². The fourth-order valence-electron chi connectivity index (χ4n) is 3.82. The summed E-state index contributed by atoms with van der Waals surface area (Å²) >= 11 is 0.988. The monoisotopic (exact) mass is 439 g/mol. The summed E-state index contributed by atoms with van der Waals surface area (Å²) in [6.45, 7) is 0.903. The highest BCUT2D eigenvalue weighted by Crippen LogP contribution is 2.49. The fraction of sp³-hybridized carbons (Fsp3) is 0.400. The summed E-state index contributed by atoms with van der Waals surface area (Å²) in [6.07, 6.45) is -1.56. The molecule has 0 atom stereocenters. The van der Waals surface area contributed by atoms with Crippen molar-refractivity contribution in [1.82, 2.24) is 25.5 Å². The van der Waals surface area contributed by atoms with Gasteiger partial charge >= 0.3 is 6.18 Å². The molecule has 0 aromatic carbocycles. The van der Waals surface area contributed by atoms with E-state index < -0.39 is 11.9 Å². The zero-order valence-corrected chi connectivity index (χ0v) is 16.0. The largest absolute Gasteiger partial charge is 0.433 e. The Bertz CT molecular complexity index is 1050. The molecule has 6 nitrogen and oxygen atoms in total. The van der Waals surface area contributed by atoms with Crippen LogP contribution in [0.25, 0.3) is 20.7 Å². The summed E-state index contributed by atoms with van der Waals surface area (Å²) in [5, 5.41) is 8.87. The van der Waals surface area contributed by atoms with Gasteiger partial charge in [0.2, 0.25) is 0 Å². The number of fused-ring (bicyclic) bond motifs is 2. The molecule has 12 heteroatoms. The number of halogens is 5. The maximum absolute atomic E-state index is 13.1. The lowest BCUT2D eigenvalue weighted by Crippen LogP contribution is -2.42. The molecule has 1 saturated carbocycles. The lowest BCUT2D eigenvalue weighted by Gasteiger charge is -2.36. The molecule has 3 N–H and O–H groups in total. The maximum Gasteiger partial charge on any atom is 0.433 e. The Kier molecular flexibility index (Phi) is 4.82. The quantitative estimate of drug-likeness (QED) is 0.570. The lowest BCUT2D eigenvalue weighted by atomic mass is 9.73. The normalized spacial score (nSPS) is 23.6. The van der Waals surface area contributed by atoms with E-state index in [1.807, 2.05) is 5.10 Å². The molecule has 0 radical (unpaired) electrons. The average molecular weight is 440 g/mol. The second kappa shape index (κ2) is 6.47. The van der Waals surface area contributed by atoms with Gasteiger partial charge in [-0.25, -0.2) is 4.98 Å². The third-order valence-electron chi connectivity index (χ3n) is 5.03. The Labute approximate surface area is 166 Å². The van der Waals surface area contributed by atoms with Gasteiger partial charge in [-0.2, -0.15) is 18.3 Å². The van der Waals surface area contributed by atoms with Crippen molar-refractivity contribution >= 4 is 46.4 Å². The van der Waals surface area contributed by atoms with Gasteiger partial charge in [0.1, 0.15) is 16.2 Å². The topological polar surface area (TPSA) is 86.5 Å². The number of rotatable bonds is 2. The minimum atomic E-state index is -4.54. The lowest BCUT2D eigenvalue weighted by molar-refractivity contribution is -0.140. The molecule has 5 heterocycles. The van der Waals surface area contributed by atoms with Crippen molar-refractivity contribution in [2.45, 2.75) is 24.6 Å². The van der Waals surface area contributed by atoms with Crippen LogP contribution in [0.15, 0.2) is 17.1 Å². The smallest absolute Gasteiger partial charge is 0.308 e. The number of hydrogen-bond acceptors (Lipinski definition) is 5. The van der Waals surface area contributed by atoms with Gasteiger partial charge in [-0.1, -0.05) is 0 Å². The van der Waals surface area contributed by atoms with Gasteiger partial charge in [0.25, 0.3) is 5.56 Å². The van der Waals surface area contributed by atoms with Crippen molar-refractivity contribution in [3.05, 3.63) is 34.1 Å². The number of nitrogens with one attached hydrogen (secondary N) is 3. The van der Waals surface area contributed by atoms with Crippen LogP contribution in [0.5, 0.6) is 0 Å². The zero-order chi connectivity index (χ0) is 17.4. The number of aromatic amines is 2. The van der Waals surface area contributed by atoms with E-state index in [4.69, 9.17) is 0 Å². The highest BCUT2D eigenvalue weighted by molar-refractivity contribution is 7.22. The predicted octanol–water partition coefficient (Wildman–Crippen LogP) is 3.45. The first-order valence-electron chi connectivity index (χ1n) is 7.76. The van der Waals surface area contributed by atoms with E-state index in [1.165, 1.54) is 6.07 Å². The molecule has 3 aromatic rings. The van der Waals surface area contributed by atoms with Crippen molar-refractivity contribution in [2.75, 3.05) is 6.54 Å². The van der Waals surface area contributed by atoms with Crippen LogP contribution in [0.3, 0.4) is 0 Å². The summed E-state index contributed by atoms with van der Waals surface area (Å²) in [5.74, 6) is 1.19. The van der Waals surface area contributed by atoms with Gasteiger partial charge in [-0.3, -0.25) is 9.89 Å². The zero-order valence-electron chi connectivity index (χ0n) is 13.5. The second-order valence-corrected chi connectivity index (χ2v) is 7.69. The molecule has 3 fully saturated rings. The third kappa shape index (κ3) is 2.95. The summed E-state index contributed by atoms with van der Waals surface area (Å²) in [6, 6.07) is 1.53.